The number of sulfonamides is 1. The lowest BCUT2D eigenvalue weighted by atomic mass is 10.2. The standard InChI is InChI=1S/C14H20BrNO4S/c1-2-3-4-5-6-7-20-14(17)11-8-12(15)10-13(9-11)21(16,18)19/h8-10H,2-7H2,1H3,(H2,16,18,19). The highest BCUT2D eigenvalue weighted by Crippen LogP contribution is 2.19. The molecule has 0 bridgehead atoms. The molecule has 0 amide bonds. The zero-order valence-corrected chi connectivity index (χ0v) is 14.4. The van der Waals surface area contributed by atoms with Crippen LogP contribution in [0.4, 0.5) is 0 Å². The molecule has 7 heteroatoms. The Bertz CT molecular complexity index is 587. The Hall–Kier alpha value is -0.920. The maximum atomic E-state index is 11.9. The Kier molecular flexibility index (Phi) is 7.34. The van der Waals surface area contributed by atoms with Crippen molar-refractivity contribution in [3.63, 3.8) is 0 Å². The summed E-state index contributed by atoms with van der Waals surface area (Å²) in [6, 6.07) is 4.07. The van der Waals surface area contributed by atoms with Crippen LogP contribution in [0.25, 0.3) is 0 Å². The predicted octanol–water partition coefficient (Wildman–Crippen LogP) is 3.22. The Morgan fingerprint density at radius 1 is 1.19 bits per heavy atom. The zero-order chi connectivity index (χ0) is 15.9. The van der Waals surface area contributed by atoms with Crippen LogP contribution in [0.15, 0.2) is 27.6 Å². The number of rotatable bonds is 8. The fourth-order valence-electron chi connectivity index (χ4n) is 1.80. The van der Waals surface area contributed by atoms with Crippen LogP contribution in [0.5, 0.6) is 0 Å². The molecule has 1 aromatic carbocycles. The van der Waals surface area contributed by atoms with E-state index < -0.39 is 16.0 Å². The van der Waals surface area contributed by atoms with Gasteiger partial charge in [0, 0.05) is 4.47 Å². The van der Waals surface area contributed by atoms with Crippen LogP contribution in [0.3, 0.4) is 0 Å². The lowest BCUT2D eigenvalue weighted by Crippen LogP contribution is -2.14. The number of ether oxygens (including phenoxy) is 1. The molecule has 0 saturated heterocycles. The monoisotopic (exact) mass is 377 g/mol. The molecule has 0 heterocycles. The molecule has 0 saturated carbocycles. The molecule has 21 heavy (non-hydrogen) atoms. The maximum absolute atomic E-state index is 11.9. The van der Waals surface area contributed by atoms with Gasteiger partial charge in [-0.15, -0.1) is 0 Å². The molecule has 118 valence electrons. The molecule has 0 aliphatic rings. The average Bonchev–Trinajstić information content (AvgIpc) is 2.40. The van der Waals surface area contributed by atoms with E-state index in [0.717, 1.165) is 25.7 Å². The van der Waals surface area contributed by atoms with E-state index in [2.05, 4.69) is 22.9 Å². The van der Waals surface area contributed by atoms with E-state index in [1.165, 1.54) is 24.6 Å². The van der Waals surface area contributed by atoms with E-state index in [4.69, 9.17) is 9.88 Å². The van der Waals surface area contributed by atoms with Gasteiger partial charge in [-0.2, -0.15) is 0 Å². The summed E-state index contributed by atoms with van der Waals surface area (Å²) in [7, 11) is -3.85. The van der Waals surface area contributed by atoms with Crippen LogP contribution in [0, 0.1) is 0 Å². The highest BCUT2D eigenvalue weighted by atomic mass is 79.9. The Morgan fingerprint density at radius 3 is 2.48 bits per heavy atom. The molecule has 2 N–H and O–H groups in total. The van der Waals surface area contributed by atoms with Gasteiger partial charge >= 0.3 is 5.97 Å². The number of nitrogens with two attached hydrogens (primary N) is 1. The molecule has 1 rings (SSSR count). The van der Waals surface area contributed by atoms with Crippen molar-refractivity contribution in [2.24, 2.45) is 5.14 Å². The third-order valence-electron chi connectivity index (χ3n) is 2.92. The number of esters is 1. The van der Waals surface area contributed by atoms with E-state index in [1.807, 2.05) is 0 Å². The minimum atomic E-state index is -3.85. The molecule has 0 radical (unpaired) electrons. The Balaban J connectivity index is 2.60. The summed E-state index contributed by atoms with van der Waals surface area (Å²) >= 11 is 3.16. The highest BCUT2D eigenvalue weighted by Gasteiger charge is 2.14. The molecule has 0 atom stereocenters. The summed E-state index contributed by atoms with van der Waals surface area (Å²) in [4.78, 5) is 11.8. The van der Waals surface area contributed by atoms with Crippen LogP contribution < -0.4 is 5.14 Å². The summed E-state index contributed by atoms with van der Waals surface area (Å²) in [6.07, 6.45) is 5.29. The topological polar surface area (TPSA) is 86.5 Å². The summed E-state index contributed by atoms with van der Waals surface area (Å²) in [5.41, 5.74) is 0.168. The summed E-state index contributed by atoms with van der Waals surface area (Å²) < 4.78 is 28.2. The molecule has 0 fully saturated rings. The molecule has 5 nitrogen and oxygen atoms in total. The molecule has 0 unspecified atom stereocenters. The minimum absolute atomic E-state index is 0.119. The summed E-state index contributed by atoms with van der Waals surface area (Å²) in [6.45, 7) is 2.47. The van der Waals surface area contributed by atoms with Crippen LogP contribution in [-0.2, 0) is 14.8 Å². The number of benzene rings is 1. The fraction of sp³-hybridized carbons (Fsp3) is 0.500. The Labute approximate surface area is 134 Å². The predicted molar refractivity (Wildman–Crippen MR) is 84.6 cm³/mol. The SMILES string of the molecule is CCCCCCCOC(=O)c1cc(Br)cc(S(N)(=O)=O)c1. The van der Waals surface area contributed by atoms with Crippen LogP contribution >= 0.6 is 15.9 Å². The van der Waals surface area contributed by atoms with Gasteiger partial charge in [-0.1, -0.05) is 48.5 Å². The van der Waals surface area contributed by atoms with E-state index >= 15 is 0 Å². The first-order chi connectivity index (χ1) is 9.84. The van der Waals surface area contributed by atoms with Crippen molar-refractivity contribution in [3.05, 3.63) is 28.2 Å². The zero-order valence-electron chi connectivity index (χ0n) is 12.0. The minimum Gasteiger partial charge on any atom is -0.462 e. The normalized spacial score (nSPS) is 11.4. The molecular formula is C14H20BrNO4S. The van der Waals surface area contributed by atoms with E-state index in [0.29, 0.717) is 11.1 Å². The van der Waals surface area contributed by atoms with Crippen molar-refractivity contribution in [2.45, 2.75) is 43.9 Å². The van der Waals surface area contributed by atoms with Crippen molar-refractivity contribution >= 4 is 31.9 Å². The summed E-state index contributed by atoms with van der Waals surface area (Å²) in [5, 5.41) is 5.06. The van der Waals surface area contributed by atoms with E-state index in [9.17, 15) is 13.2 Å². The van der Waals surface area contributed by atoms with Crippen molar-refractivity contribution in [3.8, 4) is 0 Å². The second kappa shape index (κ2) is 8.51. The lowest BCUT2D eigenvalue weighted by molar-refractivity contribution is 0.0497. The van der Waals surface area contributed by atoms with Gasteiger partial charge in [0.2, 0.25) is 10.0 Å². The van der Waals surface area contributed by atoms with Gasteiger partial charge in [0.1, 0.15) is 0 Å². The first-order valence-corrected chi connectivity index (χ1v) is 9.19. The second-order valence-electron chi connectivity index (χ2n) is 4.77. The van der Waals surface area contributed by atoms with Gasteiger partial charge in [-0.05, 0) is 24.6 Å². The van der Waals surface area contributed by atoms with Gasteiger partial charge in [0.25, 0.3) is 0 Å². The number of carbonyl (C=O) groups excluding carboxylic acids is 1. The van der Waals surface area contributed by atoms with Crippen LogP contribution in [0.2, 0.25) is 0 Å². The van der Waals surface area contributed by atoms with Gasteiger partial charge < -0.3 is 4.74 Å². The average molecular weight is 378 g/mol. The first-order valence-electron chi connectivity index (χ1n) is 6.85. The van der Waals surface area contributed by atoms with Gasteiger partial charge in [0.05, 0.1) is 17.1 Å². The smallest absolute Gasteiger partial charge is 0.338 e. The first kappa shape index (κ1) is 18.1. The van der Waals surface area contributed by atoms with Crippen LogP contribution in [-0.4, -0.2) is 21.0 Å². The van der Waals surface area contributed by atoms with Crippen molar-refractivity contribution in [1.82, 2.24) is 0 Å². The number of hydrogen-bond acceptors (Lipinski definition) is 4. The third-order valence-corrected chi connectivity index (χ3v) is 4.27. The van der Waals surface area contributed by atoms with Crippen LogP contribution in [0.1, 0.15) is 49.4 Å². The highest BCUT2D eigenvalue weighted by molar-refractivity contribution is 9.10. The van der Waals surface area contributed by atoms with E-state index in [1.54, 1.807) is 0 Å². The Morgan fingerprint density at radius 2 is 1.86 bits per heavy atom. The number of halogens is 1. The van der Waals surface area contributed by atoms with Gasteiger partial charge in [0.15, 0.2) is 0 Å². The maximum Gasteiger partial charge on any atom is 0.338 e. The molecule has 0 aliphatic heterocycles. The second-order valence-corrected chi connectivity index (χ2v) is 7.25. The molecule has 0 aliphatic carbocycles. The van der Waals surface area contributed by atoms with Crippen molar-refractivity contribution in [2.75, 3.05) is 6.61 Å². The van der Waals surface area contributed by atoms with Crippen molar-refractivity contribution < 1.29 is 17.9 Å². The largest absolute Gasteiger partial charge is 0.462 e. The number of hydrogen-bond donors (Lipinski definition) is 1. The number of primary sulfonamides is 1. The summed E-state index contributed by atoms with van der Waals surface area (Å²) in [5.74, 6) is -0.545. The van der Waals surface area contributed by atoms with Gasteiger partial charge in [-0.3, -0.25) is 0 Å². The molecule has 0 aromatic heterocycles. The lowest BCUT2D eigenvalue weighted by Gasteiger charge is -2.07. The van der Waals surface area contributed by atoms with E-state index in [-0.39, 0.29) is 10.5 Å². The molecule has 1 aromatic rings. The van der Waals surface area contributed by atoms with Gasteiger partial charge in [-0.25, -0.2) is 18.4 Å². The quantitative estimate of drug-likeness (QED) is 0.556. The molecule has 0 spiro atoms. The molecular weight excluding hydrogens is 358 g/mol. The third kappa shape index (κ3) is 6.58. The fourth-order valence-corrected chi connectivity index (χ4v) is 3.03. The van der Waals surface area contributed by atoms with Crippen molar-refractivity contribution in [1.29, 1.82) is 0 Å². The number of carbonyl (C=O) groups is 1. The number of unbranched alkanes of at least 4 members (excludes halogenated alkanes) is 4.